The van der Waals surface area contributed by atoms with Crippen LogP contribution >= 0.6 is 11.3 Å². The molecule has 5 nitrogen and oxygen atoms in total. The number of hydrogen-bond acceptors (Lipinski definition) is 3. The summed E-state index contributed by atoms with van der Waals surface area (Å²) in [6.07, 6.45) is 5.81. The molecule has 2 aromatic heterocycles. The third kappa shape index (κ3) is 2.85. The van der Waals surface area contributed by atoms with Gasteiger partial charge in [-0.1, -0.05) is 6.08 Å². The van der Waals surface area contributed by atoms with Crippen LogP contribution in [0, 0.1) is 0 Å². The van der Waals surface area contributed by atoms with Crippen LogP contribution in [0.15, 0.2) is 35.4 Å². The summed E-state index contributed by atoms with van der Waals surface area (Å²) in [5, 5.41) is 8.31. The predicted octanol–water partition coefficient (Wildman–Crippen LogP) is 1.25. The highest BCUT2D eigenvalue weighted by Crippen LogP contribution is 2.10. The van der Waals surface area contributed by atoms with Gasteiger partial charge in [0.2, 0.25) is 0 Å². The standard InChI is InChI=1S/C11H15N5S/c1-3-4-13-10(12-2)14-7-9-8-16-5-6-17-11(16)15-9/h3,5-6,8H,1,4,7H2,2H3,(H2,12,13,14). The maximum absolute atomic E-state index is 4.48. The molecule has 2 heterocycles. The highest BCUT2D eigenvalue weighted by Gasteiger charge is 2.03. The smallest absolute Gasteiger partial charge is 0.193 e. The van der Waals surface area contributed by atoms with E-state index in [1.165, 1.54) is 0 Å². The lowest BCUT2D eigenvalue weighted by molar-refractivity contribution is 0.830. The molecule has 0 amide bonds. The molecule has 0 unspecified atom stereocenters. The van der Waals surface area contributed by atoms with E-state index < -0.39 is 0 Å². The molecule has 0 spiro atoms. The van der Waals surface area contributed by atoms with Crippen molar-refractivity contribution in [1.82, 2.24) is 20.0 Å². The van der Waals surface area contributed by atoms with Crippen LogP contribution < -0.4 is 10.6 Å². The Kier molecular flexibility index (Phi) is 3.77. The molecular weight excluding hydrogens is 234 g/mol. The molecule has 0 atom stereocenters. The summed E-state index contributed by atoms with van der Waals surface area (Å²) < 4.78 is 2.02. The molecule has 0 aliphatic rings. The largest absolute Gasteiger partial charge is 0.353 e. The minimum absolute atomic E-state index is 0.658. The predicted molar refractivity (Wildman–Crippen MR) is 71.5 cm³/mol. The van der Waals surface area contributed by atoms with Gasteiger partial charge in [-0.15, -0.1) is 17.9 Å². The Balaban J connectivity index is 1.92. The molecule has 0 bridgehead atoms. The number of guanidine groups is 1. The van der Waals surface area contributed by atoms with E-state index in [1.54, 1.807) is 24.5 Å². The maximum Gasteiger partial charge on any atom is 0.193 e. The molecule has 17 heavy (non-hydrogen) atoms. The molecule has 0 aliphatic carbocycles. The highest BCUT2D eigenvalue weighted by molar-refractivity contribution is 7.15. The Hall–Kier alpha value is -1.82. The second-order valence-electron chi connectivity index (χ2n) is 3.42. The van der Waals surface area contributed by atoms with Gasteiger partial charge in [-0.25, -0.2) is 4.98 Å². The molecule has 0 fully saturated rings. The Bertz CT molecular complexity index is 496. The number of nitrogens with zero attached hydrogens (tertiary/aromatic N) is 3. The molecule has 6 heteroatoms. The summed E-state index contributed by atoms with van der Waals surface area (Å²) in [6.45, 7) is 5.00. The molecule has 0 saturated carbocycles. The molecule has 2 aromatic rings. The van der Waals surface area contributed by atoms with E-state index in [2.05, 4.69) is 27.2 Å². The quantitative estimate of drug-likeness (QED) is 0.487. The topological polar surface area (TPSA) is 53.7 Å². The second kappa shape index (κ2) is 5.49. The number of imidazole rings is 1. The zero-order valence-electron chi connectivity index (χ0n) is 9.68. The van der Waals surface area contributed by atoms with Crippen molar-refractivity contribution < 1.29 is 0 Å². The third-order valence-corrected chi connectivity index (χ3v) is 2.99. The summed E-state index contributed by atoms with van der Waals surface area (Å²) in [7, 11) is 1.74. The molecule has 2 rings (SSSR count). The fourth-order valence-electron chi connectivity index (χ4n) is 1.42. The van der Waals surface area contributed by atoms with Gasteiger partial charge in [-0.05, 0) is 0 Å². The summed E-state index contributed by atoms with van der Waals surface area (Å²) in [6, 6.07) is 0. The Morgan fingerprint density at radius 2 is 2.53 bits per heavy atom. The van der Waals surface area contributed by atoms with Crippen molar-refractivity contribution in [3.8, 4) is 0 Å². The van der Waals surface area contributed by atoms with Crippen molar-refractivity contribution in [3.05, 3.63) is 36.1 Å². The Labute approximate surface area is 104 Å². The SMILES string of the molecule is C=CCNC(=NC)NCc1cn2ccsc2n1. The van der Waals surface area contributed by atoms with Crippen LogP contribution in [0.3, 0.4) is 0 Å². The third-order valence-electron chi connectivity index (χ3n) is 2.22. The first-order valence-electron chi connectivity index (χ1n) is 5.30. The van der Waals surface area contributed by atoms with Crippen LogP contribution in [0.25, 0.3) is 4.96 Å². The lowest BCUT2D eigenvalue weighted by Gasteiger charge is -2.08. The van der Waals surface area contributed by atoms with Gasteiger partial charge in [0.05, 0.1) is 12.2 Å². The van der Waals surface area contributed by atoms with E-state index in [1.807, 2.05) is 22.2 Å². The highest BCUT2D eigenvalue weighted by atomic mass is 32.1. The van der Waals surface area contributed by atoms with E-state index in [9.17, 15) is 0 Å². The summed E-state index contributed by atoms with van der Waals surface area (Å²) in [5.74, 6) is 0.751. The monoisotopic (exact) mass is 249 g/mol. The lowest BCUT2D eigenvalue weighted by atomic mass is 10.5. The molecule has 0 aliphatic heterocycles. The number of aliphatic imine (C=N–C) groups is 1. The van der Waals surface area contributed by atoms with Crippen LogP contribution in [-0.4, -0.2) is 28.9 Å². The Morgan fingerprint density at radius 3 is 3.24 bits per heavy atom. The maximum atomic E-state index is 4.48. The number of thiazole rings is 1. The van der Waals surface area contributed by atoms with Gasteiger partial charge < -0.3 is 10.6 Å². The molecule has 90 valence electrons. The van der Waals surface area contributed by atoms with Crippen LogP contribution in [0.2, 0.25) is 0 Å². The molecule has 0 aromatic carbocycles. The average Bonchev–Trinajstić information content (AvgIpc) is 2.89. The van der Waals surface area contributed by atoms with Gasteiger partial charge in [0.1, 0.15) is 0 Å². The van der Waals surface area contributed by atoms with Gasteiger partial charge in [-0.2, -0.15) is 0 Å². The summed E-state index contributed by atoms with van der Waals surface area (Å²) in [4.78, 5) is 9.58. The first kappa shape index (κ1) is 11.7. The minimum Gasteiger partial charge on any atom is -0.353 e. The van der Waals surface area contributed by atoms with Gasteiger partial charge in [0.25, 0.3) is 0 Å². The first-order valence-corrected chi connectivity index (χ1v) is 6.18. The van der Waals surface area contributed by atoms with Crippen LogP contribution in [0.1, 0.15) is 5.69 Å². The van der Waals surface area contributed by atoms with E-state index in [0.29, 0.717) is 13.1 Å². The first-order chi connectivity index (χ1) is 8.33. The summed E-state index contributed by atoms with van der Waals surface area (Å²) >= 11 is 1.63. The van der Waals surface area contributed by atoms with Gasteiger partial charge in [-0.3, -0.25) is 9.39 Å². The molecule has 0 saturated heterocycles. The summed E-state index contributed by atoms with van der Waals surface area (Å²) in [5.41, 5.74) is 0.999. The minimum atomic E-state index is 0.658. The van der Waals surface area contributed by atoms with Gasteiger partial charge in [0.15, 0.2) is 10.9 Å². The number of rotatable bonds is 4. The second-order valence-corrected chi connectivity index (χ2v) is 4.29. The molecule has 2 N–H and O–H groups in total. The van der Waals surface area contributed by atoms with E-state index in [0.717, 1.165) is 16.6 Å². The van der Waals surface area contributed by atoms with Crippen molar-refractivity contribution in [2.75, 3.05) is 13.6 Å². The Morgan fingerprint density at radius 1 is 1.65 bits per heavy atom. The van der Waals surface area contributed by atoms with E-state index in [4.69, 9.17) is 0 Å². The van der Waals surface area contributed by atoms with Gasteiger partial charge in [0, 0.05) is 31.4 Å². The average molecular weight is 249 g/mol. The van der Waals surface area contributed by atoms with Crippen LogP contribution in [-0.2, 0) is 6.54 Å². The zero-order valence-corrected chi connectivity index (χ0v) is 10.5. The number of nitrogens with one attached hydrogen (secondary N) is 2. The fourth-order valence-corrected chi connectivity index (χ4v) is 2.14. The van der Waals surface area contributed by atoms with E-state index >= 15 is 0 Å². The fraction of sp³-hybridized carbons (Fsp3) is 0.273. The van der Waals surface area contributed by atoms with Gasteiger partial charge >= 0.3 is 0 Å². The van der Waals surface area contributed by atoms with Crippen LogP contribution in [0.4, 0.5) is 0 Å². The van der Waals surface area contributed by atoms with Crippen molar-refractivity contribution >= 4 is 22.3 Å². The molecular formula is C11H15N5S. The number of hydrogen-bond donors (Lipinski definition) is 2. The lowest BCUT2D eigenvalue weighted by Crippen LogP contribution is -2.36. The van der Waals surface area contributed by atoms with Crippen molar-refractivity contribution in [1.29, 1.82) is 0 Å². The van der Waals surface area contributed by atoms with Crippen molar-refractivity contribution in [3.63, 3.8) is 0 Å². The number of fused-ring (bicyclic) bond motifs is 1. The number of aromatic nitrogens is 2. The van der Waals surface area contributed by atoms with Crippen molar-refractivity contribution in [2.45, 2.75) is 6.54 Å². The normalized spacial score (nSPS) is 11.7. The van der Waals surface area contributed by atoms with Crippen molar-refractivity contribution in [2.24, 2.45) is 4.99 Å². The van der Waals surface area contributed by atoms with E-state index in [-0.39, 0.29) is 0 Å². The molecule has 0 radical (unpaired) electrons. The zero-order chi connectivity index (χ0) is 12.1. The van der Waals surface area contributed by atoms with Crippen LogP contribution in [0.5, 0.6) is 0 Å².